The van der Waals surface area contributed by atoms with Gasteiger partial charge in [0.1, 0.15) is 5.01 Å². The number of morpholine rings is 1. The molecule has 1 fully saturated rings. The Morgan fingerprint density at radius 2 is 1.91 bits per heavy atom. The summed E-state index contributed by atoms with van der Waals surface area (Å²) in [7, 11) is 0. The number of thiazole rings is 1. The summed E-state index contributed by atoms with van der Waals surface area (Å²) in [5.74, 6) is 1.14. The highest BCUT2D eigenvalue weighted by atomic mass is 32.1. The van der Waals surface area contributed by atoms with Crippen molar-refractivity contribution in [1.29, 1.82) is 0 Å². The molecule has 0 N–H and O–H groups in total. The number of carbonyl (C=O) groups excluding carboxylic acids is 1. The third-order valence-corrected chi connectivity index (χ3v) is 6.69. The molecule has 0 aliphatic carbocycles. The van der Waals surface area contributed by atoms with Crippen LogP contribution in [0.5, 0.6) is 11.5 Å². The van der Waals surface area contributed by atoms with Crippen molar-refractivity contribution in [2.45, 2.75) is 6.92 Å². The lowest BCUT2D eigenvalue weighted by atomic mass is 10.1. The monoisotopic (exact) mass is 474 g/mol. The molecule has 0 radical (unpaired) electrons. The fraction of sp³-hybridized carbons (Fsp3) is 0.259. The van der Waals surface area contributed by atoms with E-state index in [2.05, 4.69) is 24.3 Å². The Kier molecular flexibility index (Phi) is 6.74. The van der Waals surface area contributed by atoms with Crippen LogP contribution in [0.15, 0.2) is 54.6 Å². The number of amides is 1. The number of aromatic nitrogens is 1. The van der Waals surface area contributed by atoms with Crippen molar-refractivity contribution >= 4 is 50.4 Å². The molecule has 0 atom stereocenters. The van der Waals surface area contributed by atoms with Gasteiger partial charge in [0.15, 0.2) is 18.1 Å². The lowest BCUT2D eigenvalue weighted by Gasteiger charge is -2.26. The molecule has 34 heavy (non-hydrogen) atoms. The van der Waals surface area contributed by atoms with Crippen LogP contribution >= 0.6 is 11.3 Å². The van der Waals surface area contributed by atoms with Crippen LogP contribution in [0.3, 0.4) is 0 Å². The zero-order valence-electron chi connectivity index (χ0n) is 19.0. The molecular weight excluding hydrogens is 448 g/mol. The van der Waals surface area contributed by atoms with Gasteiger partial charge in [0, 0.05) is 18.5 Å². The molecule has 4 aromatic rings. The van der Waals surface area contributed by atoms with Crippen LogP contribution in [0.2, 0.25) is 0 Å². The summed E-state index contributed by atoms with van der Waals surface area (Å²) in [6.45, 7) is 4.76. The Morgan fingerprint density at radius 1 is 1.06 bits per heavy atom. The summed E-state index contributed by atoms with van der Waals surface area (Å²) in [6, 6.07) is 18.3. The standard InChI is InChI=1S/C27H26N2O4S/c1-2-32-23-17-19(7-10-22(23)33-18-26(30)29-13-15-31-16-14-29)8-12-25-28-27-21-6-4-3-5-20(21)9-11-24(27)34-25/h3-12,17H,2,13-16,18H2,1H3. The summed E-state index contributed by atoms with van der Waals surface area (Å²) in [5, 5.41) is 3.31. The molecule has 0 saturated carbocycles. The maximum absolute atomic E-state index is 12.4. The summed E-state index contributed by atoms with van der Waals surface area (Å²) < 4.78 is 18.1. The number of rotatable bonds is 7. The second kappa shape index (κ2) is 10.2. The first kappa shape index (κ1) is 22.4. The largest absolute Gasteiger partial charge is 0.490 e. The highest BCUT2D eigenvalue weighted by Gasteiger charge is 2.18. The summed E-state index contributed by atoms with van der Waals surface area (Å²) in [6.07, 6.45) is 4.04. The van der Waals surface area contributed by atoms with E-state index < -0.39 is 0 Å². The van der Waals surface area contributed by atoms with Crippen LogP contribution in [0.1, 0.15) is 17.5 Å². The Labute approximate surface area is 202 Å². The molecule has 1 amide bonds. The number of fused-ring (bicyclic) bond motifs is 3. The van der Waals surface area contributed by atoms with E-state index in [1.54, 1.807) is 16.2 Å². The highest BCUT2D eigenvalue weighted by molar-refractivity contribution is 7.19. The molecule has 3 aromatic carbocycles. The van der Waals surface area contributed by atoms with Gasteiger partial charge in [0.25, 0.3) is 5.91 Å². The van der Waals surface area contributed by atoms with E-state index in [0.29, 0.717) is 44.4 Å². The third-order valence-electron chi connectivity index (χ3n) is 5.70. The van der Waals surface area contributed by atoms with Crippen molar-refractivity contribution in [3.63, 3.8) is 0 Å². The number of hydrogen-bond donors (Lipinski definition) is 0. The van der Waals surface area contributed by atoms with Crippen molar-refractivity contribution in [3.05, 3.63) is 65.2 Å². The minimum Gasteiger partial charge on any atom is -0.490 e. The smallest absolute Gasteiger partial charge is 0.260 e. The van der Waals surface area contributed by atoms with Gasteiger partial charge in [-0.15, -0.1) is 11.3 Å². The second-order valence-corrected chi connectivity index (χ2v) is 9.00. The SMILES string of the molecule is CCOc1cc(C=Cc2nc3c(ccc4ccccc43)s2)ccc1OCC(=O)N1CCOCC1. The van der Waals surface area contributed by atoms with Crippen molar-refractivity contribution in [2.75, 3.05) is 39.5 Å². The molecule has 0 bridgehead atoms. The molecule has 2 heterocycles. The quantitative estimate of drug-likeness (QED) is 0.366. The predicted molar refractivity (Wildman–Crippen MR) is 137 cm³/mol. The number of ether oxygens (including phenoxy) is 3. The summed E-state index contributed by atoms with van der Waals surface area (Å²) >= 11 is 1.67. The van der Waals surface area contributed by atoms with Gasteiger partial charge in [-0.05, 0) is 42.1 Å². The van der Waals surface area contributed by atoms with Gasteiger partial charge in [0.2, 0.25) is 0 Å². The van der Waals surface area contributed by atoms with Crippen LogP contribution in [-0.4, -0.2) is 55.3 Å². The number of hydrogen-bond acceptors (Lipinski definition) is 6. The minimum absolute atomic E-state index is 0.0189. The molecule has 1 aliphatic heterocycles. The first-order valence-electron chi connectivity index (χ1n) is 11.4. The lowest BCUT2D eigenvalue weighted by molar-refractivity contribution is -0.137. The van der Waals surface area contributed by atoms with E-state index in [4.69, 9.17) is 19.2 Å². The van der Waals surface area contributed by atoms with Crippen molar-refractivity contribution in [2.24, 2.45) is 0 Å². The molecule has 174 valence electrons. The molecule has 0 unspecified atom stereocenters. The molecule has 6 nitrogen and oxygen atoms in total. The average molecular weight is 475 g/mol. The van der Waals surface area contributed by atoms with Crippen molar-refractivity contribution in [3.8, 4) is 11.5 Å². The minimum atomic E-state index is -0.0434. The Hall–Kier alpha value is -3.42. The maximum atomic E-state index is 12.4. The van der Waals surface area contributed by atoms with Gasteiger partial charge < -0.3 is 19.1 Å². The molecule has 0 spiro atoms. The zero-order valence-corrected chi connectivity index (χ0v) is 19.8. The Bertz CT molecular complexity index is 1340. The van der Waals surface area contributed by atoms with Crippen LogP contribution in [0, 0.1) is 0 Å². The highest BCUT2D eigenvalue weighted by Crippen LogP contribution is 2.32. The number of carbonyl (C=O) groups is 1. The Balaban J connectivity index is 1.32. The summed E-state index contributed by atoms with van der Waals surface area (Å²) in [4.78, 5) is 19.0. The fourth-order valence-electron chi connectivity index (χ4n) is 3.98. The van der Waals surface area contributed by atoms with Gasteiger partial charge in [-0.25, -0.2) is 4.98 Å². The van der Waals surface area contributed by atoms with Gasteiger partial charge in [0.05, 0.1) is 30.0 Å². The number of nitrogens with zero attached hydrogens (tertiary/aromatic N) is 2. The van der Waals surface area contributed by atoms with Crippen LogP contribution in [0.25, 0.3) is 33.1 Å². The normalized spacial score (nSPS) is 14.2. The Morgan fingerprint density at radius 3 is 2.76 bits per heavy atom. The lowest BCUT2D eigenvalue weighted by Crippen LogP contribution is -2.43. The van der Waals surface area contributed by atoms with E-state index in [0.717, 1.165) is 16.1 Å². The molecule has 7 heteroatoms. The van der Waals surface area contributed by atoms with E-state index in [1.165, 1.54) is 15.5 Å². The van der Waals surface area contributed by atoms with Gasteiger partial charge in [-0.3, -0.25) is 4.79 Å². The van der Waals surface area contributed by atoms with E-state index >= 15 is 0 Å². The van der Waals surface area contributed by atoms with Crippen molar-refractivity contribution in [1.82, 2.24) is 9.88 Å². The van der Waals surface area contributed by atoms with Crippen LogP contribution < -0.4 is 9.47 Å². The topological polar surface area (TPSA) is 60.9 Å². The first-order chi connectivity index (χ1) is 16.7. The van der Waals surface area contributed by atoms with Gasteiger partial charge >= 0.3 is 0 Å². The average Bonchev–Trinajstić information content (AvgIpc) is 3.31. The third kappa shape index (κ3) is 4.90. The molecule has 1 saturated heterocycles. The second-order valence-electron chi connectivity index (χ2n) is 7.94. The first-order valence-corrected chi connectivity index (χ1v) is 12.2. The maximum Gasteiger partial charge on any atom is 0.260 e. The van der Waals surface area contributed by atoms with E-state index in [-0.39, 0.29) is 12.5 Å². The molecule has 5 rings (SSSR count). The van der Waals surface area contributed by atoms with Gasteiger partial charge in [-0.1, -0.05) is 42.5 Å². The fourth-order valence-corrected chi connectivity index (χ4v) is 4.86. The van der Waals surface area contributed by atoms with E-state index in [9.17, 15) is 4.79 Å². The molecule has 1 aliphatic rings. The van der Waals surface area contributed by atoms with Crippen LogP contribution in [0.4, 0.5) is 0 Å². The van der Waals surface area contributed by atoms with Crippen molar-refractivity contribution < 1.29 is 19.0 Å². The molecule has 1 aromatic heterocycles. The summed E-state index contributed by atoms with van der Waals surface area (Å²) in [5.41, 5.74) is 2.01. The number of benzene rings is 3. The van der Waals surface area contributed by atoms with Gasteiger partial charge in [-0.2, -0.15) is 0 Å². The molecular formula is C27H26N2O4S. The predicted octanol–water partition coefficient (Wildman–Crippen LogP) is 5.26. The zero-order chi connectivity index (χ0) is 23.3. The van der Waals surface area contributed by atoms with Crippen LogP contribution in [-0.2, 0) is 9.53 Å². The van der Waals surface area contributed by atoms with E-state index in [1.807, 2.05) is 49.4 Å².